The molecule has 1 fully saturated rings. The van der Waals surface area contributed by atoms with Crippen molar-refractivity contribution in [3.8, 4) is 0 Å². The van der Waals surface area contributed by atoms with Crippen molar-refractivity contribution >= 4 is 39.4 Å². The zero-order valence-electron chi connectivity index (χ0n) is 11.4. The van der Waals surface area contributed by atoms with Gasteiger partial charge in [-0.25, -0.2) is 4.98 Å². The third-order valence-electron chi connectivity index (χ3n) is 3.46. The Bertz CT molecular complexity index is 557. The second kappa shape index (κ2) is 6.59. The molecule has 0 spiro atoms. The predicted octanol–water partition coefficient (Wildman–Crippen LogP) is 3.87. The molecule has 1 aliphatic heterocycles. The fraction of sp³-hybridized carbons (Fsp3) is 0.467. The molecule has 5 heteroatoms. The number of thiocarbonyl (C=S) groups is 1. The molecule has 1 aromatic carbocycles. The van der Waals surface area contributed by atoms with Crippen LogP contribution in [0.1, 0.15) is 25.2 Å². The second-order valence-corrected chi connectivity index (χ2v) is 6.72. The summed E-state index contributed by atoms with van der Waals surface area (Å²) in [7, 11) is 0. The molecular formula is C15H18N2OS2. The number of fused-ring (bicyclic) bond motifs is 1. The van der Waals surface area contributed by atoms with Gasteiger partial charge in [0.25, 0.3) is 0 Å². The summed E-state index contributed by atoms with van der Waals surface area (Å²) < 4.78 is 6.77. The Balaban J connectivity index is 1.44. The van der Waals surface area contributed by atoms with E-state index in [2.05, 4.69) is 9.88 Å². The largest absolute Gasteiger partial charge is 0.441 e. The summed E-state index contributed by atoms with van der Waals surface area (Å²) in [4.78, 5) is 6.81. The van der Waals surface area contributed by atoms with Crippen molar-refractivity contribution in [3.63, 3.8) is 0 Å². The van der Waals surface area contributed by atoms with E-state index in [1.807, 2.05) is 24.3 Å². The molecule has 0 radical (unpaired) electrons. The van der Waals surface area contributed by atoms with Crippen LogP contribution >= 0.6 is 24.0 Å². The molecule has 1 aromatic heterocycles. The minimum atomic E-state index is 0.832. The molecule has 20 heavy (non-hydrogen) atoms. The van der Waals surface area contributed by atoms with Crippen LogP contribution < -0.4 is 0 Å². The highest BCUT2D eigenvalue weighted by molar-refractivity contribution is 8.22. The number of nitrogens with zero attached hydrogens (tertiary/aromatic N) is 2. The molecular weight excluding hydrogens is 288 g/mol. The molecule has 106 valence electrons. The number of hydrogen-bond donors (Lipinski definition) is 0. The number of rotatable bonds is 4. The molecule has 3 nitrogen and oxygen atoms in total. The van der Waals surface area contributed by atoms with Crippen molar-refractivity contribution in [2.24, 2.45) is 0 Å². The van der Waals surface area contributed by atoms with E-state index in [4.69, 9.17) is 16.6 Å². The lowest BCUT2D eigenvalue weighted by molar-refractivity contribution is 0.526. The number of aromatic nitrogens is 1. The molecule has 1 aliphatic rings. The van der Waals surface area contributed by atoms with Gasteiger partial charge in [-0.3, -0.25) is 0 Å². The average Bonchev–Trinajstić information content (AvgIpc) is 3.11. The topological polar surface area (TPSA) is 29.3 Å². The van der Waals surface area contributed by atoms with Crippen molar-refractivity contribution < 1.29 is 4.42 Å². The van der Waals surface area contributed by atoms with Gasteiger partial charge >= 0.3 is 0 Å². The lowest BCUT2D eigenvalue weighted by Gasteiger charge is -2.17. The van der Waals surface area contributed by atoms with Gasteiger partial charge in [0, 0.05) is 25.3 Å². The monoisotopic (exact) mass is 306 g/mol. The van der Waals surface area contributed by atoms with Gasteiger partial charge in [0.15, 0.2) is 11.5 Å². The molecule has 3 rings (SSSR count). The smallest absolute Gasteiger partial charge is 0.195 e. The Kier molecular flexibility index (Phi) is 4.58. The van der Waals surface area contributed by atoms with Gasteiger partial charge in [0.05, 0.1) is 0 Å². The average molecular weight is 306 g/mol. The van der Waals surface area contributed by atoms with E-state index in [-0.39, 0.29) is 0 Å². The molecule has 0 N–H and O–H groups in total. The van der Waals surface area contributed by atoms with Crippen molar-refractivity contribution in [1.82, 2.24) is 9.88 Å². The highest BCUT2D eigenvalue weighted by Crippen LogP contribution is 2.19. The molecule has 0 bridgehead atoms. The van der Waals surface area contributed by atoms with E-state index in [1.165, 1.54) is 12.8 Å². The molecule has 1 saturated heterocycles. The molecule has 2 heterocycles. The first-order valence-electron chi connectivity index (χ1n) is 7.09. The number of para-hydroxylation sites is 2. The number of oxazole rings is 1. The van der Waals surface area contributed by atoms with Gasteiger partial charge < -0.3 is 9.32 Å². The van der Waals surface area contributed by atoms with Crippen molar-refractivity contribution in [2.45, 2.75) is 25.7 Å². The molecule has 0 amide bonds. The van der Waals surface area contributed by atoms with Crippen LogP contribution in [0.5, 0.6) is 0 Å². The fourth-order valence-electron chi connectivity index (χ4n) is 2.40. The van der Waals surface area contributed by atoms with E-state index >= 15 is 0 Å². The maximum atomic E-state index is 5.71. The summed E-state index contributed by atoms with van der Waals surface area (Å²) in [6.07, 6.45) is 4.49. The Labute approximate surface area is 128 Å². The summed E-state index contributed by atoms with van der Waals surface area (Å²) >= 11 is 7.23. The van der Waals surface area contributed by atoms with Crippen LogP contribution in [-0.2, 0) is 6.42 Å². The molecule has 0 unspecified atom stereocenters. The number of benzene rings is 1. The van der Waals surface area contributed by atoms with Gasteiger partial charge in [-0.15, -0.1) is 0 Å². The van der Waals surface area contributed by atoms with Gasteiger partial charge in [0.1, 0.15) is 9.84 Å². The Morgan fingerprint density at radius 1 is 1.30 bits per heavy atom. The highest BCUT2D eigenvalue weighted by Gasteiger charge is 2.14. The third-order valence-corrected chi connectivity index (χ3v) is 5.07. The predicted molar refractivity (Wildman–Crippen MR) is 88.2 cm³/mol. The lowest BCUT2D eigenvalue weighted by Crippen LogP contribution is -2.23. The summed E-state index contributed by atoms with van der Waals surface area (Å²) in [5.41, 5.74) is 1.82. The molecule has 0 aliphatic carbocycles. The van der Waals surface area contributed by atoms with Gasteiger partial charge in [-0.1, -0.05) is 36.1 Å². The van der Waals surface area contributed by atoms with E-state index < -0.39 is 0 Å². The van der Waals surface area contributed by atoms with Gasteiger partial charge in [-0.05, 0) is 31.4 Å². The van der Waals surface area contributed by atoms with Crippen molar-refractivity contribution in [2.75, 3.05) is 18.8 Å². The van der Waals surface area contributed by atoms with E-state index in [0.29, 0.717) is 0 Å². The first-order chi connectivity index (χ1) is 9.83. The zero-order chi connectivity index (χ0) is 13.8. The molecule has 2 aromatic rings. The SMILES string of the molecule is S=C(SCCCc1nc2ccccc2o1)N1CCCC1. The summed E-state index contributed by atoms with van der Waals surface area (Å²) in [6, 6.07) is 7.91. The van der Waals surface area contributed by atoms with Crippen LogP contribution in [0, 0.1) is 0 Å². The fourth-order valence-corrected chi connectivity index (χ4v) is 3.66. The normalized spacial score (nSPS) is 15.1. The van der Waals surface area contributed by atoms with Crippen LogP contribution in [0.3, 0.4) is 0 Å². The maximum Gasteiger partial charge on any atom is 0.195 e. The third kappa shape index (κ3) is 3.33. The number of thioether (sulfide) groups is 1. The van der Waals surface area contributed by atoms with Crippen LogP contribution in [-0.4, -0.2) is 33.0 Å². The van der Waals surface area contributed by atoms with Crippen LogP contribution in [0.15, 0.2) is 28.7 Å². The zero-order valence-corrected chi connectivity index (χ0v) is 13.0. The Hall–Kier alpha value is -1.07. The Morgan fingerprint density at radius 3 is 2.90 bits per heavy atom. The molecule has 0 saturated carbocycles. The summed E-state index contributed by atoms with van der Waals surface area (Å²) in [5, 5.41) is 0. The number of likely N-dealkylation sites (tertiary alicyclic amines) is 1. The first kappa shape index (κ1) is 13.9. The standard InChI is InChI=1S/C15H18N2OS2/c19-15(17-9-3-4-10-17)20-11-5-8-14-16-12-6-1-2-7-13(12)18-14/h1-2,6-7H,3-5,8-11H2. The van der Waals surface area contributed by atoms with Gasteiger partial charge in [0.2, 0.25) is 0 Å². The van der Waals surface area contributed by atoms with Crippen molar-refractivity contribution in [1.29, 1.82) is 0 Å². The summed E-state index contributed by atoms with van der Waals surface area (Å²) in [6.45, 7) is 2.27. The van der Waals surface area contributed by atoms with E-state index in [1.54, 1.807) is 11.8 Å². The lowest BCUT2D eigenvalue weighted by atomic mass is 10.3. The number of aryl methyl sites for hydroxylation is 1. The van der Waals surface area contributed by atoms with Crippen LogP contribution in [0.2, 0.25) is 0 Å². The quantitative estimate of drug-likeness (QED) is 0.632. The minimum Gasteiger partial charge on any atom is -0.441 e. The van der Waals surface area contributed by atoms with Crippen LogP contribution in [0.25, 0.3) is 11.1 Å². The van der Waals surface area contributed by atoms with E-state index in [0.717, 1.165) is 53.0 Å². The molecule has 0 atom stereocenters. The Morgan fingerprint density at radius 2 is 2.10 bits per heavy atom. The summed E-state index contributed by atoms with van der Waals surface area (Å²) in [5.74, 6) is 1.87. The minimum absolute atomic E-state index is 0.832. The van der Waals surface area contributed by atoms with Crippen molar-refractivity contribution in [3.05, 3.63) is 30.2 Å². The maximum absolute atomic E-state index is 5.71. The highest BCUT2D eigenvalue weighted by atomic mass is 32.2. The van der Waals surface area contributed by atoms with Crippen LogP contribution in [0.4, 0.5) is 0 Å². The van der Waals surface area contributed by atoms with Gasteiger partial charge in [-0.2, -0.15) is 0 Å². The number of hydrogen-bond acceptors (Lipinski definition) is 4. The second-order valence-electron chi connectivity index (χ2n) is 4.99. The van der Waals surface area contributed by atoms with E-state index in [9.17, 15) is 0 Å². The first-order valence-corrected chi connectivity index (χ1v) is 8.48.